The van der Waals surface area contributed by atoms with E-state index in [0.717, 1.165) is 16.2 Å². The second kappa shape index (κ2) is 4.92. The minimum Gasteiger partial charge on any atom is -0.367 e. The van der Waals surface area contributed by atoms with Gasteiger partial charge in [-0.2, -0.15) is 0 Å². The first-order chi connectivity index (χ1) is 7.97. The second-order valence-electron chi connectivity index (χ2n) is 5.55. The summed E-state index contributed by atoms with van der Waals surface area (Å²) in [5, 5.41) is 3.57. The first-order valence-electron chi connectivity index (χ1n) is 6.25. The maximum Gasteiger partial charge on any atom is 0.131 e. The molecule has 1 aromatic rings. The number of hydrogen-bond acceptors (Lipinski definition) is 3. The number of anilines is 1. The van der Waals surface area contributed by atoms with E-state index in [1.54, 1.807) is 0 Å². The molecule has 0 bridgehead atoms. The van der Waals surface area contributed by atoms with E-state index in [2.05, 4.69) is 45.1 Å². The van der Waals surface area contributed by atoms with Gasteiger partial charge in [-0.25, -0.2) is 9.97 Å². The summed E-state index contributed by atoms with van der Waals surface area (Å²) in [4.78, 5) is 8.67. The van der Waals surface area contributed by atoms with Crippen LogP contribution in [0.2, 0.25) is 0 Å². The summed E-state index contributed by atoms with van der Waals surface area (Å²) in [6, 6.07) is 2.47. The molecular formula is C13H20BrN3. The van der Waals surface area contributed by atoms with E-state index in [-0.39, 0.29) is 0 Å². The lowest BCUT2D eigenvalue weighted by Crippen LogP contribution is -2.39. The van der Waals surface area contributed by atoms with Gasteiger partial charge in [0.25, 0.3) is 0 Å². The smallest absolute Gasteiger partial charge is 0.131 e. The summed E-state index contributed by atoms with van der Waals surface area (Å²) in [7, 11) is 0. The highest BCUT2D eigenvalue weighted by molar-refractivity contribution is 9.10. The zero-order chi connectivity index (χ0) is 12.5. The highest BCUT2D eigenvalue weighted by Gasteiger charge is 2.32. The molecule has 2 rings (SSSR count). The maximum atomic E-state index is 4.44. The Bertz CT molecular complexity index is 383. The number of aryl methyl sites for hydroxylation is 1. The number of halogens is 1. The van der Waals surface area contributed by atoms with Crippen molar-refractivity contribution >= 4 is 21.7 Å². The van der Waals surface area contributed by atoms with Crippen LogP contribution in [0.5, 0.6) is 0 Å². The normalized spacial score (nSPS) is 23.4. The Kier molecular flexibility index (Phi) is 3.71. The van der Waals surface area contributed by atoms with Gasteiger partial charge in [-0.05, 0) is 41.1 Å². The van der Waals surface area contributed by atoms with Crippen LogP contribution in [-0.4, -0.2) is 16.0 Å². The highest BCUT2D eigenvalue weighted by atomic mass is 79.9. The van der Waals surface area contributed by atoms with Crippen LogP contribution in [0.1, 0.15) is 45.4 Å². The Morgan fingerprint density at radius 3 is 2.76 bits per heavy atom. The SMILES string of the molecule is Cc1nc(Br)cc(NC2CCCCC2(C)C)n1. The van der Waals surface area contributed by atoms with Crippen molar-refractivity contribution in [1.29, 1.82) is 0 Å². The third kappa shape index (κ3) is 3.18. The predicted molar refractivity (Wildman–Crippen MR) is 74.1 cm³/mol. The lowest BCUT2D eigenvalue weighted by Gasteiger charge is -2.39. The molecule has 1 fully saturated rings. The molecule has 1 aromatic heterocycles. The largest absolute Gasteiger partial charge is 0.367 e. The molecule has 0 aliphatic heterocycles. The molecule has 1 aliphatic rings. The molecule has 1 saturated carbocycles. The summed E-state index contributed by atoms with van der Waals surface area (Å²) < 4.78 is 0.848. The van der Waals surface area contributed by atoms with Gasteiger partial charge in [0.2, 0.25) is 0 Å². The minimum atomic E-state index is 0.351. The molecule has 1 N–H and O–H groups in total. The Morgan fingerprint density at radius 2 is 2.12 bits per heavy atom. The van der Waals surface area contributed by atoms with E-state index in [0.29, 0.717) is 11.5 Å². The van der Waals surface area contributed by atoms with E-state index >= 15 is 0 Å². The first-order valence-corrected chi connectivity index (χ1v) is 7.04. The molecule has 4 heteroatoms. The van der Waals surface area contributed by atoms with Gasteiger partial charge in [-0.15, -0.1) is 0 Å². The van der Waals surface area contributed by atoms with Crippen LogP contribution in [0, 0.1) is 12.3 Å². The van der Waals surface area contributed by atoms with Crippen LogP contribution in [0.15, 0.2) is 10.7 Å². The van der Waals surface area contributed by atoms with Crippen molar-refractivity contribution in [3.8, 4) is 0 Å². The molecule has 0 saturated heterocycles. The number of aromatic nitrogens is 2. The van der Waals surface area contributed by atoms with Crippen LogP contribution >= 0.6 is 15.9 Å². The topological polar surface area (TPSA) is 37.8 Å². The molecule has 1 heterocycles. The average molecular weight is 298 g/mol. The molecule has 1 atom stereocenters. The molecular weight excluding hydrogens is 278 g/mol. The summed E-state index contributed by atoms with van der Waals surface area (Å²) >= 11 is 3.42. The lowest BCUT2D eigenvalue weighted by atomic mass is 9.73. The van der Waals surface area contributed by atoms with Crippen LogP contribution in [0.4, 0.5) is 5.82 Å². The van der Waals surface area contributed by atoms with E-state index in [1.807, 2.05) is 13.0 Å². The van der Waals surface area contributed by atoms with Crippen molar-refractivity contribution in [1.82, 2.24) is 9.97 Å². The van der Waals surface area contributed by atoms with E-state index < -0.39 is 0 Å². The summed E-state index contributed by atoms with van der Waals surface area (Å²) in [5.74, 6) is 1.74. The fraction of sp³-hybridized carbons (Fsp3) is 0.692. The molecule has 94 valence electrons. The fourth-order valence-corrected chi connectivity index (χ4v) is 3.02. The third-order valence-corrected chi connectivity index (χ3v) is 4.04. The quantitative estimate of drug-likeness (QED) is 0.841. The maximum absolute atomic E-state index is 4.44. The standard InChI is InChI=1S/C13H20BrN3/c1-9-15-11(14)8-12(16-9)17-10-6-4-5-7-13(10,2)3/h8,10H,4-7H2,1-3H3,(H,15,16,17). The van der Waals surface area contributed by atoms with Crippen LogP contribution in [0.3, 0.4) is 0 Å². The zero-order valence-electron chi connectivity index (χ0n) is 10.8. The zero-order valence-corrected chi connectivity index (χ0v) is 12.3. The molecule has 3 nitrogen and oxygen atoms in total. The van der Waals surface area contributed by atoms with Gasteiger partial charge in [0.05, 0.1) is 0 Å². The van der Waals surface area contributed by atoms with Gasteiger partial charge in [-0.3, -0.25) is 0 Å². The van der Waals surface area contributed by atoms with Crippen molar-refractivity contribution in [2.24, 2.45) is 5.41 Å². The molecule has 0 aromatic carbocycles. The van der Waals surface area contributed by atoms with Gasteiger partial charge < -0.3 is 5.32 Å². The number of nitrogens with one attached hydrogen (secondary N) is 1. The van der Waals surface area contributed by atoms with Gasteiger partial charge >= 0.3 is 0 Å². The monoisotopic (exact) mass is 297 g/mol. The Morgan fingerprint density at radius 1 is 1.35 bits per heavy atom. The second-order valence-corrected chi connectivity index (χ2v) is 6.37. The van der Waals surface area contributed by atoms with Gasteiger partial charge in [0.15, 0.2) is 0 Å². The third-order valence-electron chi connectivity index (χ3n) is 3.64. The van der Waals surface area contributed by atoms with Crippen molar-refractivity contribution in [2.45, 2.75) is 52.5 Å². The van der Waals surface area contributed by atoms with Crippen molar-refractivity contribution < 1.29 is 0 Å². The molecule has 0 radical (unpaired) electrons. The van der Waals surface area contributed by atoms with Crippen LogP contribution in [0.25, 0.3) is 0 Å². The lowest BCUT2D eigenvalue weighted by molar-refractivity contribution is 0.216. The molecule has 17 heavy (non-hydrogen) atoms. The van der Waals surface area contributed by atoms with Gasteiger partial charge in [0, 0.05) is 12.1 Å². The Hall–Kier alpha value is -0.640. The van der Waals surface area contributed by atoms with Gasteiger partial charge in [0.1, 0.15) is 16.2 Å². The number of nitrogens with zero attached hydrogens (tertiary/aromatic N) is 2. The van der Waals surface area contributed by atoms with Gasteiger partial charge in [-0.1, -0.05) is 26.7 Å². The average Bonchev–Trinajstić information content (AvgIpc) is 2.19. The van der Waals surface area contributed by atoms with E-state index in [4.69, 9.17) is 0 Å². The molecule has 0 amide bonds. The van der Waals surface area contributed by atoms with E-state index in [1.165, 1.54) is 25.7 Å². The Labute approximate surface area is 112 Å². The molecule has 0 spiro atoms. The van der Waals surface area contributed by atoms with E-state index in [9.17, 15) is 0 Å². The van der Waals surface area contributed by atoms with Crippen molar-refractivity contribution in [3.05, 3.63) is 16.5 Å². The van der Waals surface area contributed by atoms with Crippen LogP contribution in [-0.2, 0) is 0 Å². The fourth-order valence-electron chi connectivity index (χ4n) is 2.55. The van der Waals surface area contributed by atoms with Crippen molar-refractivity contribution in [2.75, 3.05) is 5.32 Å². The summed E-state index contributed by atoms with van der Waals surface area (Å²) in [5.41, 5.74) is 0.351. The summed E-state index contributed by atoms with van der Waals surface area (Å²) in [6.45, 7) is 6.60. The Balaban J connectivity index is 2.14. The highest BCUT2D eigenvalue weighted by Crippen LogP contribution is 2.37. The van der Waals surface area contributed by atoms with Crippen molar-refractivity contribution in [3.63, 3.8) is 0 Å². The molecule has 1 unspecified atom stereocenters. The van der Waals surface area contributed by atoms with Crippen LogP contribution < -0.4 is 5.32 Å². The number of rotatable bonds is 2. The predicted octanol–water partition coefficient (Wildman–Crippen LogP) is 3.93. The minimum absolute atomic E-state index is 0.351. The molecule has 1 aliphatic carbocycles. The first kappa shape index (κ1) is 12.8. The number of hydrogen-bond donors (Lipinski definition) is 1. The summed E-state index contributed by atoms with van der Waals surface area (Å²) in [6.07, 6.45) is 5.17.